The van der Waals surface area contributed by atoms with Gasteiger partial charge in [-0.1, -0.05) is 32.9 Å². The first kappa shape index (κ1) is 16.4. The molecule has 1 aromatic carbocycles. The molecule has 2 rings (SSSR count). The van der Waals surface area contributed by atoms with Crippen molar-refractivity contribution in [3.63, 3.8) is 0 Å². The first-order valence-corrected chi connectivity index (χ1v) is 7.02. The van der Waals surface area contributed by atoms with Crippen molar-refractivity contribution in [1.29, 1.82) is 0 Å². The average molecular weight is 312 g/mol. The molecule has 0 amide bonds. The molecule has 0 aliphatic heterocycles. The van der Waals surface area contributed by atoms with E-state index < -0.39 is 11.9 Å². The lowest BCUT2D eigenvalue weighted by atomic mass is 9.93. The molecule has 0 unspecified atom stereocenters. The largest absolute Gasteiger partial charge is 0.493 e. The highest BCUT2D eigenvalue weighted by Gasteiger charge is 2.33. The van der Waals surface area contributed by atoms with Crippen molar-refractivity contribution in [2.45, 2.75) is 33.4 Å². The van der Waals surface area contributed by atoms with Crippen molar-refractivity contribution in [1.82, 2.24) is 10.2 Å². The van der Waals surface area contributed by atoms with Gasteiger partial charge in [-0.2, -0.15) is 18.3 Å². The minimum Gasteiger partial charge on any atom is -0.493 e. The highest BCUT2D eigenvalue weighted by atomic mass is 19.4. The number of hydrogen-bond acceptors (Lipinski definition) is 2. The van der Waals surface area contributed by atoms with E-state index in [1.807, 2.05) is 5.10 Å². The van der Waals surface area contributed by atoms with Crippen LogP contribution < -0.4 is 4.74 Å². The van der Waals surface area contributed by atoms with Gasteiger partial charge in [0.1, 0.15) is 11.4 Å². The second-order valence-corrected chi connectivity index (χ2v) is 6.32. The van der Waals surface area contributed by atoms with Gasteiger partial charge in [-0.15, -0.1) is 0 Å². The van der Waals surface area contributed by atoms with Crippen LogP contribution in [0, 0.1) is 5.41 Å². The molecule has 0 aliphatic rings. The van der Waals surface area contributed by atoms with Crippen molar-refractivity contribution in [3.05, 3.63) is 36.0 Å². The first-order chi connectivity index (χ1) is 10.2. The summed E-state index contributed by atoms with van der Waals surface area (Å²) in [6.07, 6.45) is -3.59. The van der Waals surface area contributed by atoms with E-state index in [1.165, 1.54) is 0 Å². The van der Waals surface area contributed by atoms with Gasteiger partial charge in [0.15, 0.2) is 0 Å². The summed E-state index contributed by atoms with van der Waals surface area (Å²) in [5, 5.41) is 5.77. The highest BCUT2D eigenvalue weighted by molar-refractivity contribution is 5.67. The normalized spacial score (nSPS) is 12.5. The zero-order valence-electron chi connectivity index (χ0n) is 12.8. The van der Waals surface area contributed by atoms with Crippen LogP contribution in [0.2, 0.25) is 0 Å². The van der Waals surface area contributed by atoms with Crippen molar-refractivity contribution >= 4 is 0 Å². The fourth-order valence-corrected chi connectivity index (χ4v) is 1.88. The topological polar surface area (TPSA) is 37.9 Å². The van der Waals surface area contributed by atoms with Crippen molar-refractivity contribution in [2.24, 2.45) is 5.41 Å². The molecule has 1 aromatic heterocycles. The Bertz CT molecular complexity index is 627. The third-order valence-electron chi connectivity index (χ3n) is 3.16. The van der Waals surface area contributed by atoms with Crippen LogP contribution in [-0.2, 0) is 6.18 Å². The quantitative estimate of drug-likeness (QED) is 0.871. The van der Waals surface area contributed by atoms with Crippen LogP contribution in [0.5, 0.6) is 5.75 Å². The second-order valence-electron chi connectivity index (χ2n) is 6.32. The highest BCUT2D eigenvalue weighted by Crippen LogP contribution is 2.34. The second kappa shape index (κ2) is 6.02. The number of nitrogens with one attached hydrogen (secondary N) is 1. The summed E-state index contributed by atoms with van der Waals surface area (Å²) in [6, 6.07) is 7.95. The van der Waals surface area contributed by atoms with Crippen molar-refractivity contribution in [3.8, 4) is 17.0 Å². The molecule has 1 heterocycles. The fourth-order valence-electron chi connectivity index (χ4n) is 1.88. The molecular formula is C16H19F3N2O. The number of para-hydroxylation sites is 1. The molecule has 0 radical (unpaired) electrons. The number of hydrogen-bond donors (Lipinski definition) is 1. The van der Waals surface area contributed by atoms with E-state index in [1.54, 1.807) is 24.3 Å². The number of aromatic amines is 1. The molecular weight excluding hydrogens is 293 g/mol. The number of benzene rings is 1. The van der Waals surface area contributed by atoms with E-state index in [4.69, 9.17) is 4.74 Å². The number of halogens is 3. The van der Waals surface area contributed by atoms with Gasteiger partial charge >= 0.3 is 6.18 Å². The molecule has 0 saturated heterocycles. The van der Waals surface area contributed by atoms with E-state index in [0.29, 0.717) is 17.9 Å². The van der Waals surface area contributed by atoms with Gasteiger partial charge in [0.2, 0.25) is 0 Å². The van der Waals surface area contributed by atoms with Crippen molar-refractivity contribution in [2.75, 3.05) is 6.61 Å². The number of nitrogens with zero attached hydrogens (tertiary/aromatic N) is 1. The van der Waals surface area contributed by atoms with Gasteiger partial charge in [-0.25, -0.2) is 0 Å². The average Bonchev–Trinajstić information content (AvgIpc) is 2.87. The Morgan fingerprint density at radius 2 is 1.82 bits per heavy atom. The summed E-state index contributed by atoms with van der Waals surface area (Å²) in [5.74, 6) is 0.534. The molecule has 0 aliphatic carbocycles. The minimum atomic E-state index is -4.44. The SMILES string of the molecule is CC(C)(C)CCOc1ccccc1-c1cc(C(F)(F)F)[nH]n1. The van der Waals surface area contributed by atoms with Crippen molar-refractivity contribution < 1.29 is 17.9 Å². The monoisotopic (exact) mass is 312 g/mol. The first-order valence-electron chi connectivity index (χ1n) is 7.02. The lowest BCUT2D eigenvalue weighted by molar-refractivity contribution is -0.141. The lowest BCUT2D eigenvalue weighted by Gasteiger charge is -2.18. The molecule has 0 spiro atoms. The summed E-state index contributed by atoms with van der Waals surface area (Å²) >= 11 is 0. The Kier molecular flexibility index (Phi) is 4.49. The molecule has 0 bridgehead atoms. The Morgan fingerprint density at radius 1 is 1.14 bits per heavy atom. The zero-order chi connectivity index (χ0) is 16.4. The Morgan fingerprint density at radius 3 is 2.41 bits per heavy atom. The molecule has 1 N–H and O–H groups in total. The number of alkyl halides is 3. The molecule has 120 valence electrons. The van der Waals surface area contributed by atoms with Gasteiger partial charge in [-0.05, 0) is 30.0 Å². The molecule has 3 nitrogen and oxygen atoms in total. The maximum atomic E-state index is 12.6. The van der Waals surface area contributed by atoms with Crippen LogP contribution in [0.4, 0.5) is 13.2 Å². The summed E-state index contributed by atoms with van der Waals surface area (Å²) in [5.41, 5.74) is 0.0268. The zero-order valence-corrected chi connectivity index (χ0v) is 12.8. The van der Waals surface area contributed by atoms with Gasteiger partial charge in [0, 0.05) is 5.56 Å². The predicted octanol–water partition coefficient (Wildman–Crippen LogP) is 4.91. The molecule has 22 heavy (non-hydrogen) atoms. The predicted molar refractivity (Wildman–Crippen MR) is 78.6 cm³/mol. The smallest absolute Gasteiger partial charge is 0.432 e. The third-order valence-corrected chi connectivity index (χ3v) is 3.16. The molecule has 0 fully saturated rings. The summed E-state index contributed by atoms with van der Waals surface area (Å²) in [6.45, 7) is 6.81. The number of ether oxygens (including phenoxy) is 1. The van der Waals surface area contributed by atoms with Crippen LogP contribution in [0.1, 0.15) is 32.9 Å². The van der Waals surface area contributed by atoms with Crippen LogP contribution in [0.25, 0.3) is 11.3 Å². The van der Waals surface area contributed by atoms with E-state index in [0.717, 1.165) is 12.5 Å². The van der Waals surface area contributed by atoms with Gasteiger partial charge in [0.25, 0.3) is 0 Å². The summed E-state index contributed by atoms with van der Waals surface area (Å²) in [4.78, 5) is 0. The minimum absolute atomic E-state index is 0.130. The third kappa shape index (κ3) is 4.26. The molecule has 0 saturated carbocycles. The van der Waals surface area contributed by atoms with E-state index in [2.05, 4.69) is 25.9 Å². The summed E-state index contributed by atoms with van der Waals surface area (Å²) in [7, 11) is 0. The lowest BCUT2D eigenvalue weighted by Crippen LogP contribution is -2.11. The van der Waals surface area contributed by atoms with E-state index >= 15 is 0 Å². The Hall–Kier alpha value is -1.98. The van der Waals surface area contributed by atoms with Crippen LogP contribution in [-0.4, -0.2) is 16.8 Å². The Labute approximate surface area is 127 Å². The number of aromatic nitrogens is 2. The number of H-pyrrole nitrogens is 1. The summed E-state index contributed by atoms with van der Waals surface area (Å²) < 4.78 is 43.7. The number of rotatable bonds is 4. The Balaban J connectivity index is 2.19. The molecule has 6 heteroatoms. The van der Waals surface area contributed by atoms with Crippen LogP contribution in [0.15, 0.2) is 30.3 Å². The fraction of sp³-hybridized carbons (Fsp3) is 0.438. The van der Waals surface area contributed by atoms with Gasteiger partial charge in [0.05, 0.1) is 12.3 Å². The van der Waals surface area contributed by atoms with Crippen LogP contribution >= 0.6 is 0 Å². The van der Waals surface area contributed by atoms with Gasteiger partial charge < -0.3 is 4.74 Å². The molecule has 2 aromatic rings. The maximum absolute atomic E-state index is 12.6. The van der Waals surface area contributed by atoms with Crippen LogP contribution in [0.3, 0.4) is 0 Å². The van der Waals surface area contributed by atoms with E-state index in [-0.39, 0.29) is 11.1 Å². The van der Waals surface area contributed by atoms with Gasteiger partial charge in [-0.3, -0.25) is 5.10 Å². The maximum Gasteiger partial charge on any atom is 0.432 e. The molecule has 0 atom stereocenters. The van der Waals surface area contributed by atoms with E-state index in [9.17, 15) is 13.2 Å². The standard InChI is InChI=1S/C16H19F3N2O/c1-15(2,3)8-9-22-13-7-5-4-6-11(13)12-10-14(21-20-12)16(17,18)19/h4-7,10H,8-9H2,1-3H3,(H,20,21).